The standard InChI is InChI=1S/C20H19ClN4O2/c1-13-12-14(21)7-8-15(13)22-19(26)18-23-17(16-6-2-3-11-25(16)18)20(27)24-9-4-5-10-24/h2-3,6-8,11-12H,4-5,9-10H2,1H3,(H,22,26). The van der Waals surface area contributed by atoms with E-state index in [4.69, 9.17) is 11.6 Å². The van der Waals surface area contributed by atoms with Crippen LogP contribution in [0.25, 0.3) is 5.52 Å². The van der Waals surface area contributed by atoms with Gasteiger partial charge in [0.05, 0.1) is 5.52 Å². The van der Waals surface area contributed by atoms with Crippen LogP contribution in [0, 0.1) is 6.92 Å². The Labute approximate surface area is 161 Å². The fourth-order valence-corrected chi connectivity index (χ4v) is 3.60. The number of aromatic nitrogens is 2. The van der Waals surface area contributed by atoms with Gasteiger partial charge in [-0.05, 0) is 55.7 Å². The number of amides is 2. The normalized spacial score (nSPS) is 13.9. The van der Waals surface area contributed by atoms with Crippen molar-refractivity contribution in [2.45, 2.75) is 19.8 Å². The first-order valence-corrected chi connectivity index (χ1v) is 9.26. The number of benzene rings is 1. The van der Waals surface area contributed by atoms with Gasteiger partial charge in [-0.3, -0.25) is 14.0 Å². The molecule has 2 aromatic heterocycles. The minimum Gasteiger partial charge on any atom is -0.337 e. The summed E-state index contributed by atoms with van der Waals surface area (Å²) in [4.78, 5) is 31.9. The number of hydrogen-bond acceptors (Lipinski definition) is 3. The van der Waals surface area contributed by atoms with Crippen molar-refractivity contribution in [1.29, 1.82) is 0 Å². The molecule has 0 saturated carbocycles. The van der Waals surface area contributed by atoms with Crippen molar-refractivity contribution >= 4 is 34.6 Å². The van der Waals surface area contributed by atoms with Gasteiger partial charge in [0.1, 0.15) is 0 Å². The molecular formula is C20H19ClN4O2. The number of likely N-dealkylation sites (tertiary alicyclic amines) is 1. The van der Waals surface area contributed by atoms with Crippen molar-refractivity contribution in [2.24, 2.45) is 0 Å². The van der Waals surface area contributed by atoms with Gasteiger partial charge >= 0.3 is 0 Å². The second kappa shape index (κ2) is 7.04. The number of nitrogens with one attached hydrogen (secondary N) is 1. The maximum absolute atomic E-state index is 12.9. The second-order valence-corrected chi connectivity index (χ2v) is 7.09. The predicted octanol–water partition coefficient (Wildman–Crippen LogP) is 3.78. The average Bonchev–Trinajstić information content (AvgIpc) is 3.31. The molecule has 1 aliphatic rings. The number of imidazole rings is 1. The third-order valence-electron chi connectivity index (χ3n) is 4.78. The molecule has 1 aliphatic heterocycles. The van der Waals surface area contributed by atoms with Crippen LogP contribution in [0.15, 0.2) is 42.6 Å². The molecule has 2 amide bonds. The van der Waals surface area contributed by atoms with Crippen LogP contribution in [0.1, 0.15) is 39.5 Å². The van der Waals surface area contributed by atoms with Crippen LogP contribution in [0.5, 0.6) is 0 Å². The summed E-state index contributed by atoms with van der Waals surface area (Å²) in [6, 6.07) is 10.7. The summed E-state index contributed by atoms with van der Waals surface area (Å²) in [6.45, 7) is 3.33. The topological polar surface area (TPSA) is 66.7 Å². The lowest BCUT2D eigenvalue weighted by molar-refractivity contribution is 0.0789. The van der Waals surface area contributed by atoms with E-state index >= 15 is 0 Å². The lowest BCUT2D eigenvalue weighted by Gasteiger charge is -2.13. The van der Waals surface area contributed by atoms with E-state index in [1.807, 2.05) is 19.1 Å². The van der Waals surface area contributed by atoms with Crippen LogP contribution < -0.4 is 5.32 Å². The van der Waals surface area contributed by atoms with Crippen LogP contribution in [0.3, 0.4) is 0 Å². The first-order valence-electron chi connectivity index (χ1n) is 8.88. The number of anilines is 1. The smallest absolute Gasteiger partial charge is 0.292 e. The highest BCUT2D eigenvalue weighted by atomic mass is 35.5. The first-order chi connectivity index (χ1) is 13.0. The largest absolute Gasteiger partial charge is 0.337 e. The van der Waals surface area contributed by atoms with E-state index in [9.17, 15) is 9.59 Å². The molecule has 1 fully saturated rings. The minimum absolute atomic E-state index is 0.127. The minimum atomic E-state index is -0.373. The van der Waals surface area contributed by atoms with Gasteiger partial charge in [0, 0.05) is 30.0 Å². The Bertz CT molecular complexity index is 1040. The molecule has 1 N–H and O–H groups in total. The van der Waals surface area contributed by atoms with Crippen molar-refractivity contribution in [2.75, 3.05) is 18.4 Å². The van der Waals surface area contributed by atoms with Gasteiger partial charge in [-0.25, -0.2) is 4.98 Å². The summed E-state index contributed by atoms with van der Waals surface area (Å²) in [5.74, 6) is -0.317. The van der Waals surface area contributed by atoms with Crippen LogP contribution in [-0.4, -0.2) is 39.2 Å². The van der Waals surface area contributed by atoms with Crippen molar-refractivity contribution < 1.29 is 9.59 Å². The summed E-state index contributed by atoms with van der Waals surface area (Å²) in [6.07, 6.45) is 3.74. The zero-order chi connectivity index (χ0) is 19.0. The highest BCUT2D eigenvalue weighted by Crippen LogP contribution is 2.22. The molecule has 27 heavy (non-hydrogen) atoms. The molecule has 0 spiro atoms. The lowest BCUT2D eigenvalue weighted by Crippen LogP contribution is -2.28. The monoisotopic (exact) mass is 382 g/mol. The van der Waals surface area contributed by atoms with E-state index in [1.165, 1.54) is 0 Å². The molecule has 6 nitrogen and oxygen atoms in total. The number of carbonyl (C=O) groups excluding carboxylic acids is 2. The van der Waals surface area contributed by atoms with Gasteiger partial charge < -0.3 is 10.2 Å². The molecule has 1 aromatic carbocycles. The van der Waals surface area contributed by atoms with Gasteiger partial charge in [0.2, 0.25) is 5.82 Å². The van der Waals surface area contributed by atoms with E-state index < -0.39 is 0 Å². The summed E-state index contributed by atoms with van der Waals surface area (Å²) < 4.78 is 1.66. The van der Waals surface area contributed by atoms with Crippen molar-refractivity contribution in [3.05, 3.63) is 64.7 Å². The van der Waals surface area contributed by atoms with E-state index in [0.717, 1.165) is 31.5 Å². The van der Waals surface area contributed by atoms with Crippen LogP contribution in [0.4, 0.5) is 5.69 Å². The summed E-state index contributed by atoms with van der Waals surface area (Å²) in [5.41, 5.74) is 2.46. The second-order valence-electron chi connectivity index (χ2n) is 6.65. The maximum atomic E-state index is 12.9. The van der Waals surface area contributed by atoms with Gasteiger partial charge in [-0.1, -0.05) is 17.7 Å². The van der Waals surface area contributed by atoms with Gasteiger partial charge in [-0.2, -0.15) is 0 Å². The molecule has 1 saturated heterocycles. The lowest BCUT2D eigenvalue weighted by atomic mass is 10.2. The van der Waals surface area contributed by atoms with Crippen LogP contribution >= 0.6 is 11.6 Å². The van der Waals surface area contributed by atoms with Crippen molar-refractivity contribution in [3.8, 4) is 0 Å². The number of halogens is 1. The molecule has 4 rings (SSSR count). The highest BCUT2D eigenvalue weighted by molar-refractivity contribution is 6.30. The van der Waals surface area contributed by atoms with Crippen molar-refractivity contribution in [3.63, 3.8) is 0 Å². The Morgan fingerprint density at radius 1 is 1.15 bits per heavy atom. The van der Waals surface area contributed by atoms with Crippen LogP contribution in [-0.2, 0) is 0 Å². The van der Waals surface area contributed by atoms with E-state index in [2.05, 4.69) is 10.3 Å². The molecule has 0 aliphatic carbocycles. The average molecular weight is 383 g/mol. The van der Waals surface area contributed by atoms with E-state index in [0.29, 0.717) is 21.9 Å². The molecule has 3 heterocycles. The molecular weight excluding hydrogens is 364 g/mol. The van der Waals surface area contributed by atoms with Gasteiger partial charge in [-0.15, -0.1) is 0 Å². The zero-order valence-electron chi connectivity index (χ0n) is 14.9. The van der Waals surface area contributed by atoms with Gasteiger partial charge in [0.25, 0.3) is 11.8 Å². The third-order valence-corrected chi connectivity index (χ3v) is 5.02. The molecule has 0 bridgehead atoms. The summed E-state index contributed by atoms with van der Waals surface area (Å²) in [7, 11) is 0. The van der Waals surface area contributed by atoms with E-state index in [-0.39, 0.29) is 17.6 Å². The molecule has 7 heteroatoms. The number of nitrogens with zero attached hydrogens (tertiary/aromatic N) is 3. The Morgan fingerprint density at radius 3 is 2.67 bits per heavy atom. The SMILES string of the molecule is Cc1cc(Cl)ccc1NC(=O)c1nc(C(=O)N2CCCC2)c2ccccn12. The van der Waals surface area contributed by atoms with Crippen LogP contribution in [0.2, 0.25) is 5.02 Å². The zero-order valence-corrected chi connectivity index (χ0v) is 15.7. The molecule has 0 atom stereocenters. The fraction of sp³-hybridized carbons (Fsp3) is 0.250. The Kier molecular flexibility index (Phi) is 4.58. The first kappa shape index (κ1) is 17.5. The summed E-state index contributed by atoms with van der Waals surface area (Å²) in [5, 5.41) is 3.47. The molecule has 0 radical (unpaired) electrons. The Morgan fingerprint density at radius 2 is 1.93 bits per heavy atom. The Hall–Kier alpha value is -2.86. The number of pyridine rings is 1. The van der Waals surface area contributed by atoms with Gasteiger partial charge in [0.15, 0.2) is 5.69 Å². The number of fused-ring (bicyclic) bond motifs is 1. The molecule has 0 unspecified atom stereocenters. The van der Waals surface area contributed by atoms with Crippen molar-refractivity contribution in [1.82, 2.24) is 14.3 Å². The number of aryl methyl sites for hydroxylation is 1. The highest BCUT2D eigenvalue weighted by Gasteiger charge is 2.26. The van der Waals surface area contributed by atoms with E-state index in [1.54, 1.807) is 39.8 Å². The number of rotatable bonds is 3. The number of carbonyl (C=O) groups is 2. The Balaban J connectivity index is 1.71. The predicted molar refractivity (Wildman–Crippen MR) is 104 cm³/mol. The summed E-state index contributed by atoms with van der Waals surface area (Å²) >= 11 is 5.98. The molecule has 3 aromatic rings. The fourth-order valence-electron chi connectivity index (χ4n) is 3.37. The third kappa shape index (κ3) is 3.28. The molecule has 138 valence electrons. The number of hydrogen-bond donors (Lipinski definition) is 1. The quantitative estimate of drug-likeness (QED) is 0.749. The maximum Gasteiger partial charge on any atom is 0.292 e.